The van der Waals surface area contributed by atoms with Crippen LogP contribution in [0.2, 0.25) is 0 Å². The van der Waals surface area contributed by atoms with Crippen molar-refractivity contribution in [1.29, 1.82) is 0 Å². The van der Waals surface area contributed by atoms with E-state index in [2.05, 4.69) is 70.8 Å². The van der Waals surface area contributed by atoms with Crippen molar-refractivity contribution in [2.24, 2.45) is 0 Å². The first-order valence-electron chi connectivity index (χ1n) is 17.9. The van der Waals surface area contributed by atoms with E-state index in [1.54, 1.807) is 22.7 Å². The molecule has 0 amide bonds. The van der Waals surface area contributed by atoms with Crippen molar-refractivity contribution in [3.63, 3.8) is 0 Å². The second-order valence-electron chi connectivity index (χ2n) is 15.6. The monoisotopic (exact) mass is 781 g/mol. The van der Waals surface area contributed by atoms with Crippen LogP contribution >= 0.6 is 22.7 Å². The van der Waals surface area contributed by atoms with Gasteiger partial charge in [0.15, 0.2) is 0 Å². The number of anilines is 1. The molecular weight excluding hydrogens is 749 g/mol. The van der Waals surface area contributed by atoms with Gasteiger partial charge in [-0.25, -0.2) is 8.42 Å². The van der Waals surface area contributed by atoms with Gasteiger partial charge in [-0.15, -0.1) is 22.7 Å². The van der Waals surface area contributed by atoms with E-state index >= 15 is 0 Å². The number of non-ortho nitro benzene ring substituents is 1. The molecular formula is C44H33N2O6S3-. The summed E-state index contributed by atoms with van der Waals surface area (Å²) in [5, 5.41) is 16.1. The normalized spacial score (nSPS) is 16.2. The number of nitro benzene ring substituents is 1. The average molecular weight is 782 g/mol. The van der Waals surface area contributed by atoms with Crippen molar-refractivity contribution in [2.75, 3.05) is 11.9 Å². The molecule has 3 aliphatic rings. The number of hydrogen-bond donors (Lipinski definition) is 0. The third kappa shape index (κ3) is 4.61. The Kier molecular flexibility index (Phi) is 6.92. The molecule has 2 aliphatic heterocycles. The standard InChI is InChI=1S/C44H34N2O6S3/c1-22-26-20-33-29(18-27(26)41-39(43(22,2)3)24-11-7-9-13-35(24)53-41)38(31-17-23(46(47)48)15-16-37(31)55(49,50)51)30-19-28-32(21-34(30)52-33)45(6)44(4,5)40-25-12-8-10-14-36(25)54-42(28)40/h7-21H,1-6H3,(H,49,50,51)/p-1. The molecule has 11 heteroatoms. The summed E-state index contributed by atoms with van der Waals surface area (Å²) in [6.07, 6.45) is 0. The van der Waals surface area contributed by atoms with Gasteiger partial charge < -0.3 is 14.2 Å². The lowest BCUT2D eigenvalue weighted by molar-refractivity contribution is -0.384. The Hall–Kier alpha value is -5.33. The van der Waals surface area contributed by atoms with E-state index in [4.69, 9.17) is 4.74 Å². The Morgan fingerprint density at radius 1 is 0.727 bits per heavy atom. The fourth-order valence-electron chi connectivity index (χ4n) is 8.96. The summed E-state index contributed by atoms with van der Waals surface area (Å²) in [7, 11) is -3.03. The van der Waals surface area contributed by atoms with Crippen LogP contribution in [0.1, 0.15) is 56.9 Å². The highest BCUT2D eigenvalue weighted by molar-refractivity contribution is 7.85. The Morgan fingerprint density at radius 2 is 1.36 bits per heavy atom. The molecule has 0 bridgehead atoms. The molecule has 0 N–H and O–H groups in total. The molecule has 5 aromatic carbocycles. The smallest absolute Gasteiger partial charge is 0.270 e. The summed E-state index contributed by atoms with van der Waals surface area (Å²) in [6, 6.07) is 28.0. The first kappa shape index (κ1) is 34.2. The number of rotatable bonds is 3. The maximum Gasteiger partial charge on any atom is 0.270 e. The Labute approximate surface area is 325 Å². The number of hydrogen-bond acceptors (Lipinski definition) is 9. The number of nitro groups is 1. The fraction of sp³-hybridized carbons (Fsp3) is 0.182. The summed E-state index contributed by atoms with van der Waals surface area (Å²) in [5.41, 5.74) is 6.22. The van der Waals surface area contributed by atoms with Gasteiger partial charge in [-0.2, -0.15) is 0 Å². The summed E-state index contributed by atoms with van der Waals surface area (Å²) in [4.78, 5) is 15.6. The van der Waals surface area contributed by atoms with Crippen molar-refractivity contribution in [1.82, 2.24) is 0 Å². The lowest BCUT2D eigenvalue weighted by Crippen LogP contribution is -2.41. The van der Waals surface area contributed by atoms with Crippen LogP contribution in [0.5, 0.6) is 11.5 Å². The second-order valence-corrected chi connectivity index (χ2v) is 19.1. The number of thiophene rings is 2. The van der Waals surface area contributed by atoms with Gasteiger partial charge >= 0.3 is 0 Å². The third-order valence-corrected chi connectivity index (χ3v) is 15.5. The molecule has 2 aromatic heterocycles. The Bertz CT molecular complexity index is 3170. The Balaban J connectivity index is 1.38. The summed E-state index contributed by atoms with van der Waals surface area (Å²) < 4.78 is 48.3. The van der Waals surface area contributed by atoms with Crippen LogP contribution in [-0.2, 0) is 21.1 Å². The zero-order valence-electron chi connectivity index (χ0n) is 30.7. The summed E-state index contributed by atoms with van der Waals surface area (Å²) in [5.74, 6) is 0.936. The van der Waals surface area contributed by atoms with Crippen molar-refractivity contribution in [3.05, 3.63) is 134 Å². The SMILES string of the molecule is CC1=c2cc3c(cc2-c2sc4ccccc4c2C1(C)C)=C(c1cc([N+](=O)[O-])ccc1S(=O)(=O)[O-])c1cc2c(cc1O3)N(C)C(C)(C)c1c-2sc2ccccc12. The van der Waals surface area contributed by atoms with E-state index in [1.165, 1.54) is 22.6 Å². The highest BCUT2D eigenvalue weighted by atomic mass is 32.2. The molecule has 0 unspecified atom stereocenters. The maximum atomic E-state index is 13.0. The van der Waals surface area contributed by atoms with Crippen LogP contribution < -0.4 is 20.1 Å². The molecule has 8 nitrogen and oxygen atoms in total. The minimum absolute atomic E-state index is 0.0376. The van der Waals surface area contributed by atoms with Gasteiger partial charge in [0.1, 0.15) is 21.6 Å². The maximum absolute atomic E-state index is 13.0. The van der Waals surface area contributed by atoms with Crippen molar-refractivity contribution < 1.29 is 22.6 Å². The van der Waals surface area contributed by atoms with Crippen molar-refractivity contribution in [3.8, 4) is 32.4 Å². The number of fused-ring (bicyclic) bond motifs is 12. The number of benzene rings is 5. The first-order chi connectivity index (χ1) is 26.1. The Morgan fingerprint density at radius 3 is 2.02 bits per heavy atom. The van der Waals surface area contributed by atoms with Crippen molar-refractivity contribution in [2.45, 2.75) is 50.5 Å². The molecule has 0 spiro atoms. The van der Waals surface area contributed by atoms with Crippen LogP contribution in [0.3, 0.4) is 0 Å². The quantitative estimate of drug-likeness (QED) is 0.0997. The highest BCUT2D eigenvalue weighted by Crippen LogP contribution is 2.56. The highest BCUT2D eigenvalue weighted by Gasteiger charge is 2.41. The van der Waals surface area contributed by atoms with Crippen LogP contribution in [0.15, 0.2) is 95.9 Å². The molecule has 0 fully saturated rings. The minimum Gasteiger partial charge on any atom is -0.744 e. The largest absolute Gasteiger partial charge is 0.744 e. The zero-order chi connectivity index (χ0) is 38.5. The van der Waals surface area contributed by atoms with Crippen LogP contribution in [0, 0.1) is 10.1 Å². The molecule has 0 atom stereocenters. The van der Waals surface area contributed by atoms with Crippen molar-refractivity contribution >= 4 is 75.5 Å². The first-order valence-corrected chi connectivity index (χ1v) is 20.9. The van der Waals surface area contributed by atoms with Gasteiger partial charge in [-0.1, -0.05) is 55.8 Å². The van der Waals surface area contributed by atoms with Crippen LogP contribution in [0.4, 0.5) is 11.4 Å². The molecule has 10 rings (SSSR count). The topological polar surface area (TPSA) is 113 Å². The van der Waals surface area contributed by atoms with Gasteiger partial charge in [0.2, 0.25) is 0 Å². The number of nitrogens with zero attached hydrogens (tertiary/aromatic N) is 2. The number of ether oxygens (including phenoxy) is 1. The molecule has 55 heavy (non-hydrogen) atoms. The van der Waals surface area contributed by atoms with Crippen LogP contribution in [0.25, 0.3) is 52.2 Å². The summed E-state index contributed by atoms with van der Waals surface area (Å²) in [6.45, 7) is 11.0. The molecule has 0 saturated heterocycles. The molecule has 1 aliphatic carbocycles. The lowest BCUT2D eigenvalue weighted by atomic mass is 9.71. The second kappa shape index (κ2) is 11.1. The van der Waals surface area contributed by atoms with Gasteiger partial charge in [0, 0.05) is 94.1 Å². The van der Waals surface area contributed by atoms with Gasteiger partial charge in [-0.3, -0.25) is 10.1 Å². The molecule has 0 radical (unpaired) electrons. The minimum atomic E-state index is -5.09. The average Bonchev–Trinajstić information content (AvgIpc) is 3.74. The molecule has 7 aromatic rings. The van der Waals surface area contributed by atoms with E-state index in [0.717, 1.165) is 64.3 Å². The van der Waals surface area contributed by atoms with E-state index in [9.17, 15) is 23.1 Å². The summed E-state index contributed by atoms with van der Waals surface area (Å²) >= 11 is 3.40. The van der Waals surface area contributed by atoms with E-state index in [-0.39, 0.29) is 16.7 Å². The van der Waals surface area contributed by atoms with E-state index < -0.39 is 25.5 Å². The van der Waals surface area contributed by atoms with Gasteiger partial charge in [0.25, 0.3) is 5.69 Å². The third-order valence-electron chi connectivity index (χ3n) is 12.1. The van der Waals surface area contributed by atoms with Gasteiger partial charge in [0.05, 0.1) is 15.4 Å². The zero-order valence-corrected chi connectivity index (χ0v) is 33.2. The molecule has 0 saturated carbocycles. The lowest BCUT2D eigenvalue weighted by Gasteiger charge is -2.43. The van der Waals surface area contributed by atoms with E-state index in [0.29, 0.717) is 27.9 Å². The fourth-order valence-corrected chi connectivity index (χ4v) is 12.4. The predicted octanol–water partition coefficient (Wildman–Crippen LogP) is 9.76. The van der Waals surface area contributed by atoms with E-state index in [1.807, 2.05) is 48.5 Å². The van der Waals surface area contributed by atoms with Gasteiger partial charge in [-0.05, 0) is 78.7 Å². The van der Waals surface area contributed by atoms with Crippen LogP contribution in [-0.4, -0.2) is 24.9 Å². The molecule has 4 heterocycles. The molecule has 274 valence electrons. The predicted molar refractivity (Wildman–Crippen MR) is 220 cm³/mol.